The van der Waals surface area contributed by atoms with Crippen LogP contribution in [0, 0.1) is 13.8 Å². The summed E-state index contributed by atoms with van der Waals surface area (Å²) >= 11 is 1.15. The lowest BCUT2D eigenvalue weighted by Gasteiger charge is -2.11. The second-order valence-corrected chi connectivity index (χ2v) is 7.13. The van der Waals surface area contributed by atoms with Crippen LogP contribution in [-0.4, -0.2) is 26.4 Å². The van der Waals surface area contributed by atoms with Gasteiger partial charge in [0.05, 0.1) is 17.0 Å². The molecule has 146 valence electrons. The molecule has 28 heavy (non-hydrogen) atoms. The van der Waals surface area contributed by atoms with Crippen molar-refractivity contribution in [3.8, 4) is 5.69 Å². The Morgan fingerprint density at radius 2 is 1.96 bits per heavy atom. The predicted octanol–water partition coefficient (Wildman–Crippen LogP) is 4.63. The van der Waals surface area contributed by atoms with Crippen LogP contribution in [0.5, 0.6) is 0 Å². The number of aromatic nitrogens is 3. The molecule has 0 bridgehead atoms. The van der Waals surface area contributed by atoms with Crippen LogP contribution in [0.2, 0.25) is 0 Å². The van der Waals surface area contributed by atoms with Crippen molar-refractivity contribution in [2.45, 2.75) is 25.2 Å². The van der Waals surface area contributed by atoms with Crippen LogP contribution in [0.4, 0.5) is 18.9 Å². The molecule has 2 aromatic carbocycles. The van der Waals surface area contributed by atoms with Gasteiger partial charge in [-0.05, 0) is 43.7 Å². The summed E-state index contributed by atoms with van der Waals surface area (Å²) in [4.78, 5) is 12.2. The molecule has 9 heteroatoms. The molecule has 3 aromatic rings. The van der Waals surface area contributed by atoms with Crippen LogP contribution in [-0.2, 0) is 11.0 Å². The number of carbonyl (C=O) groups is 1. The molecule has 0 fully saturated rings. The van der Waals surface area contributed by atoms with Crippen LogP contribution in [0.1, 0.15) is 16.7 Å². The lowest BCUT2D eigenvalue weighted by Crippen LogP contribution is -2.15. The summed E-state index contributed by atoms with van der Waals surface area (Å²) in [6, 6.07) is 10.5. The van der Waals surface area contributed by atoms with E-state index in [1.54, 1.807) is 10.9 Å². The average Bonchev–Trinajstić information content (AvgIpc) is 3.08. The zero-order valence-electron chi connectivity index (χ0n) is 15.1. The lowest BCUT2D eigenvalue weighted by atomic mass is 10.1. The Hall–Kier alpha value is -2.81. The minimum Gasteiger partial charge on any atom is -0.325 e. The first-order chi connectivity index (χ1) is 13.2. The van der Waals surface area contributed by atoms with E-state index in [1.807, 2.05) is 32.0 Å². The molecule has 0 saturated carbocycles. The number of alkyl halides is 3. The first-order valence-electron chi connectivity index (χ1n) is 8.31. The Bertz CT molecular complexity index is 1000. The quantitative estimate of drug-likeness (QED) is 0.628. The maximum Gasteiger partial charge on any atom is 0.416 e. The molecule has 1 aromatic heterocycles. The topological polar surface area (TPSA) is 59.8 Å². The number of hydrogen-bond acceptors (Lipinski definition) is 4. The summed E-state index contributed by atoms with van der Waals surface area (Å²) in [6.45, 7) is 3.97. The van der Waals surface area contributed by atoms with Crippen LogP contribution in [0.15, 0.2) is 53.9 Å². The number of nitrogens with one attached hydrogen (secondary N) is 1. The van der Waals surface area contributed by atoms with Crippen molar-refractivity contribution < 1.29 is 18.0 Å². The second-order valence-electron chi connectivity index (χ2n) is 6.19. The molecule has 0 atom stereocenters. The monoisotopic (exact) mass is 406 g/mol. The van der Waals surface area contributed by atoms with Crippen molar-refractivity contribution in [3.05, 3.63) is 65.5 Å². The molecule has 0 unspecified atom stereocenters. The normalized spacial score (nSPS) is 11.5. The van der Waals surface area contributed by atoms with E-state index in [0.717, 1.165) is 40.7 Å². The molecule has 0 spiro atoms. The zero-order chi connectivity index (χ0) is 20.3. The van der Waals surface area contributed by atoms with Crippen molar-refractivity contribution in [1.82, 2.24) is 14.8 Å². The number of benzene rings is 2. The second kappa shape index (κ2) is 8.05. The van der Waals surface area contributed by atoms with E-state index < -0.39 is 17.6 Å². The molecule has 0 aliphatic rings. The number of nitrogens with zero attached hydrogens (tertiary/aromatic N) is 3. The van der Waals surface area contributed by atoms with Crippen LogP contribution >= 0.6 is 11.8 Å². The third kappa shape index (κ3) is 4.72. The van der Waals surface area contributed by atoms with Gasteiger partial charge in [0.15, 0.2) is 5.16 Å². The van der Waals surface area contributed by atoms with Gasteiger partial charge in [0.25, 0.3) is 0 Å². The summed E-state index contributed by atoms with van der Waals surface area (Å²) < 4.78 is 40.1. The van der Waals surface area contributed by atoms with Gasteiger partial charge in [-0.2, -0.15) is 13.2 Å². The molecular formula is C19H17F3N4OS. The highest BCUT2D eigenvalue weighted by atomic mass is 32.2. The van der Waals surface area contributed by atoms with Crippen LogP contribution in [0.25, 0.3) is 5.69 Å². The fourth-order valence-corrected chi connectivity index (χ4v) is 3.39. The van der Waals surface area contributed by atoms with Gasteiger partial charge in [-0.3, -0.25) is 9.36 Å². The van der Waals surface area contributed by atoms with E-state index in [9.17, 15) is 18.0 Å². The molecular weight excluding hydrogens is 389 g/mol. The summed E-state index contributed by atoms with van der Waals surface area (Å²) in [6.07, 6.45) is -2.90. The number of anilines is 1. The zero-order valence-corrected chi connectivity index (χ0v) is 15.9. The highest BCUT2D eigenvalue weighted by Crippen LogP contribution is 2.30. The summed E-state index contributed by atoms with van der Waals surface area (Å²) in [5.74, 6) is -0.445. The molecule has 0 radical (unpaired) electrons. The van der Waals surface area contributed by atoms with Gasteiger partial charge in [-0.1, -0.05) is 35.5 Å². The van der Waals surface area contributed by atoms with E-state index in [-0.39, 0.29) is 11.4 Å². The van der Waals surface area contributed by atoms with Crippen molar-refractivity contribution >= 4 is 23.4 Å². The number of rotatable bonds is 5. The number of halogens is 3. The van der Waals surface area contributed by atoms with Crippen molar-refractivity contribution in [1.29, 1.82) is 0 Å². The summed E-state index contributed by atoms with van der Waals surface area (Å²) in [7, 11) is 0. The molecule has 1 heterocycles. The van der Waals surface area contributed by atoms with Gasteiger partial charge in [-0.25, -0.2) is 0 Å². The van der Waals surface area contributed by atoms with Crippen LogP contribution in [0.3, 0.4) is 0 Å². The average molecular weight is 406 g/mol. The van der Waals surface area contributed by atoms with E-state index in [4.69, 9.17) is 0 Å². The van der Waals surface area contributed by atoms with Crippen molar-refractivity contribution in [3.63, 3.8) is 0 Å². The van der Waals surface area contributed by atoms with Gasteiger partial charge in [0.2, 0.25) is 5.91 Å². The first kappa shape index (κ1) is 19.9. The highest BCUT2D eigenvalue weighted by Gasteiger charge is 2.30. The maximum absolute atomic E-state index is 12.8. The first-order valence-corrected chi connectivity index (χ1v) is 9.30. The molecule has 0 aliphatic carbocycles. The Labute approximate surface area is 164 Å². The van der Waals surface area contributed by atoms with E-state index in [2.05, 4.69) is 15.5 Å². The van der Waals surface area contributed by atoms with Gasteiger partial charge in [0, 0.05) is 5.69 Å². The maximum atomic E-state index is 12.8. The number of aryl methyl sites for hydroxylation is 2. The third-order valence-corrected chi connectivity index (χ3v) is 4.88. The molecule has 0 aliphatic heterocycles. The van der Waals surface area contributed by atoms with E-state index in [1.165, 1.54) is 12.1 Å². The minimum absolute atomic E-state index is 0.0140. The minimum atomic E-state index is -4.46. The number of thioether (sulfide) groups is 1. The van der Waals surface area contributed by atoms with Crippen LogP contribution < -0.4 is 5.32 Å². The number of amides is 1. The molecule has 3 rings (SSSR count). The van der Waals surface area contributed by atoms with E-state index >= 15 is 0 Å². The Balaban J connectivity index is 1.67. The molecule has 0 saturated heterocycles. The van der Waals surface area contributed by atoms with Crippen molar-refractivity contribution in [2.75, 3.05) is 11.1 Å². The summed E-state index contributed by atoms with van der Waals surface area (Å²) in [5, 5.41) is 10.9. The van der Waals surface area contributed by atoms with E-state index in [0.29, 0.717) is 5.16 Å². The van der Waals surface area contributed by atoms with Gasteiger partial charge >= 0.3 is 6.18 Å². The standard InChI is InChI=1S/C19H17F3N4OS/c1-12-6-7-16(13(2)8-12)26-11-23-25-18(26)28-10-17(27)24-15-5-3-4-14(9-15)19(20,21)22/h3-9,11H,10H2,1-2H3,(H,24,27). The Morgan fingerprint density at radius 1 is 1.18 bits per heavy atom. The van der Waals surface area contributed by atoms with Crippen molar-refractivity contribution in [2.24, 2.45) is 0 Å². The predicted molar refractivity (Wildman–Crippen MR) is 102 cm³/mol. The fraction of sp³-hybridized carbons (Fsp3) is 0.211. The van der Waals surface area contributed by atoms with Gasteiger partial charge < -0.3 is 5.32 Å². The van der Waals surface area contributed by atoms with Gasteiger partial charge in [-0.15, -0.1) is 10.2 Å². The van der Waals surface area contributed by atoms with Gasteiger partial charge in [0.1, 0.15) is 6.33 Å². The number of hydrogen-bond donors (Lipinski definition) is 1. The molecule has 5 nitrogen and oxygen atoms in total. The smallest absolute Gasteiger partial charge is 0.325 e. The lowest BCUT2D eigenvalue weighted by molar-refractivity contribution is -0.137. The molecule has 1 amide bonds. The Kier molecular flexibility index (Phi) is 5.73. The molecule has 1 N–H and O–H groups in total. The number of carbonyl (C=O) groups excluding carboxylic acids is 1. The summed E-state index contributed by atoms with van der Waals surface area (Å²) in [5.41, 5.74) is 2.35. The third-order valence-electron chi connectivity index (χ3n) is 3.93. The SMILES string of the molecule is Cc1ccc(-n2cnnc2SCC(=O)Nc2cccc(C(F)(F)F)c2)c(C)c1. The Morgan fingerprint density at radius 3 is 2.68 bits per heavy atom. The largest absolute Gasteiger partial charge is 0.416 e. The fourth-order valence-electron chi connectivity index (χ4n) is 2.66. The highest BCUT2D eigenvalue weighted by molar-refractivity contribution is 7.99.